The van der Waals surface area contributed by atoms with Gasteiger partial charge in [-0.1, -0.05) is 30.7 Å². The molecule has 1 heterocycles. The van der Waals surface area contributed by atoms with Gasteiger partial charge >= 0.3 is 0 Å². The fraction of sp³-hybridized carbons (Fsp3) is 0.267. The van der Waals surface area contributed by atoms with Gasteiger partial charge in [-0.25, -0.2) is 9.37 Å². The first-order chi connectivity index (χ1) is 9.10. The van der Waals surface area contributed by atoms with E-state index in [1.807, 2.05) is 19.1 Å². The molecule has 1 aromatic heterocycles. The van der Waals surface area contributed by atoms with Crippen molar-refractivity contribution in [2.24, 2.45) is 0 Å². The third-order valence-corrected chi connectivity index (χ3v) is 3.25. The molecule has 0 radical (unpaired) electrons. The minimum Gasteiger partial charge on any atom is -0.377 e. The normalized spacial score (nSPS) is 12.2. The molecule has 1 aromatic carbocycles. The molecule has 0 saturated carbocycles. The van der Waals surface area contributed by atoms with E-state index >= 15 is 0 Å². The van der Waals surface area contributed by atoms with Crippen LogP contribution in [0.2, 0.25) is 5.15 Å². The number of hydrogen-bond donors (Lipinski definition) is 1. The minimum absolute atomic E-state index is 0.0531. The number of aromatic nitrogens is 1. The van der Waals surface area contributed by atoms with E-state index < -0.39 is 0 Å². The second kappa shape index (κ2) is 6.02. The van der Waals surface area contributed by atoms with E-state index in [4.69, 9.17) is 11.6 Å². The maximum atomic E-state index is 13.3. The Bertz CT molecular complexity index is 572. The highest BCUT2D eigenvalue weighted by Crippen LogP contribution is 2.25. The summed E-state index contributed by atoms with van der Waals surface area (Å²) >= 11 is 5.84. The second-order valence-corrected chi connectivity index (χ2v) is 4.81. The highest BCUT2D eigenvalue weighted by atomic mass is 35.5. The van der Waals surface area contributed by atoms with Gasteiger partial charge in [0.15, 0.2) is 0 Å². The van der Waals surface area contributed by atoms with Gasteiger partial charge in [0.05, 0.1) is 17.4 Å². The van der Waals surface area contributed by atoms with E-state index in [-0.39, 0.29) is 11.9 Å². The first-order valence-electron chi connectivity index (χ1n) is 6.25. The summed E-state index contributed by atoms with van der Waals surface area (Å²) in [7, 11) is 0. The monoisotopic (exact) mass is 278 g/mol. The van der Waals surface area contributed by atoms with Crippen LogP contribution in [0.4, 0.5) is 10.1 Å². The topological polar surface area (TPSA) is 24.9 Å². The van der Waals surface area contributed by atoms with Gasteiger partial charge in [-0.2, -0.15) is 0 Å². The number of halogens is 2. The second-order valence-electron chi connectivity index (χ2n) is 4.43. The van der Waals surface area contributed by atoms with Crippen molar-refractivity contribution < 1.29 is 4.39 Å². The molecule has 0 spiro atoms. The Morgan fingerprint density at radius 1 is 1.32 bits per heavy atom. The predicted octanol–water partition coefficient (Wildman–Crippen LogP) is 4.75. The summed E-state index contributed by atoms with van der Waals surface area (Å²) in [6.45, 7) is 3.95. The fourth-order valence-corrected chi connectivity index (χ4v) is 2.20. The Hall–Kier alpha value is -1.61. The summed E-state index contributed by atoms with van der Waals surface area (Å²) in [4.78, 5) is 4.20. The Kier molecular flexibility index (Phi) is 4.38. The predicted molar refractivity (Wildman–Crippen MR) is 77.0 cm³/mol. The zero-order valence-corrected chi connectivity index (χ0v) is 11.7. The van der Waals surface area contributed by atoms with Gasteiger partial charge in [0, 0.05) is 0 Å². The zero-order chi connectivity index (χ0) is 13.8. The first kappa shape index (κ1) is 13.8. The molecule has 0 fully saturated rings. The van der Waals surface area contributed by atoms with Crippen LogP contribution in [-0.2, 0) is 0 Å². The minimum atomic E-state index is -0.219. The van der Waals surface area contributed by atoms with Crippen molar-refractivity contribution in [2.45, 2.75) is 26.3 Å². The van der Waals surface area contributed by atoms with Crippen molar-refractivity contribution in [3.05, 3.63) is 58.6 Å². The van der Waals surface area contributed by atoms with Crippen molar-refractivity contribution in [3.8, 4) is 0 Å². The number of nitrogens with one attached hydrogen (secondary N) is 1. The van der Waals surface area contributed by atoms with Gasteiger partial charge in [0.25, 0.3) is 0 Å². The highest BCUT2D eigenvalue weighted by molar-refractivity contribution is 6.29. The van der Waals surface area contributed by atoms with Crippen molar-refractivity contribution in [1.82, 2.24) is 4.98 Å². The maximum absolute atomic E-state index is 13.3. The third kappa shape index (κ3) is 3.44. The molecule has 4 heteroatoms. The number of rotatable bonds is 4. The van der Waals surface area contributed by atoms with E-state index in [1.165, 1.54) is 6.07 Å². The lowest BCUT2D eigenvalue weighted by atomic mass is 10.0. The Morgan fingerprint density at radius 3 is 2.74 bits per heavy atom. The van der Waals surface area contributed by atoms with Crippen molar-refractivity contribution >= 4 is 17.3 Å². The van der Waals surface area contributed by atoms with Gasteiger partial charge in [-0.05, 0) is 43.2 Å². The molecule has 0 bridgehead atoms. The molecule has 1 unspecified atom stereocenters. The third-order valence-electron chi connectivity index (χ3n) is 3.04. The Balaban J connectivity index is 2.24. The largest absolute Gasteiger partial charge is 0.377 e. The van der Waals surface area contributed by atoms with Crippen LogP contribution in [-0.4, -0.2) is 4.98 Å². The molecular formula is C15H16ClFN2. The van der Waals surface area contributed by atoms with E-state index in [0.29, 0.717) is 5.15 Å². The van der Waals surface area contributed by atoms with Gasteiger partial charge < -0.3 is 5.32 Å². The smallest absolute Gasteiger partial charge is 0.129 e. The van der Waals surface area contributed by atoms with Crippen LogP contribution >= 0.6 is 11.6 Å². The average molecular weight is 279 g/mol. The molecule has 2 rings (SSSR count). The van der Waals surface area contributed by atoms with Gasteiger partial charge in [0.2, 0.25) is 0 Å². The lowest BCUT2D eigenvalue weighted by Gasteiger charge is -2.20. The zero-order valence-electron chi connectivity index (χ0n) is 11.0. The average Bonchev–Trinajstić information content (AvgIpc) is 2.38. The van der Waals surface area contributed by atoms with Gasteiger partial charge in [-0.15, -0.1) is 0 Å². The van der Waals surface area contributed by atoms with Crippen LogP contribution in [0.3, 0.4) is 0 Å². The van der Waals surface area contributed by atoms with Crippen molar-refractivity contribution in [1.29, 1.82) is 0 Å². The van der Waals surface area contributed by atoms with Crippen molar-refractivity contribution in [3.63, 3.8) is 0 Å². The molecule has 2 nitrogen and oxygen atoms in total. The molecule has 19 heavy (non-hydrogen) atoms. The molecular weight excluding hydrogens is 263 g/mol. The van der Waals surface area contributed by atoms with E-state index in [9.17, 15) is 4.39 Å². The van der Waals surface area contributed by atoms with Gasteiger partial charge in [0.1, 0.15) is 11.0 Å². The Morgan fingerprint density at radius 2 is 2.11 bits per heavy atom. The summed E-state index contributed by atoms with van der Waals surface area (Å²) in [5, 5.41) is 3.85. The van der Waals surface area contributed by atoms with E-state index in [2.05, 4.69) is 17.2 Å². The first-order valence-corrected chi connectivity index (χ1v) is 6.63. The molecule has 1 N–H and O–H groups in total. The summed E-state index contributed by atoms with van der Waals surface area (Å²) in [6, 6.07) is 10.3. The molecule has 0 amide bonds. The van der Waals surface area contributed by atoms with Crippen molar-refractivity contribution in [2.75, 3.05) is 5.32 Å². The summed E-state index contributed by atoms with van der Waals surface area (Å²) in [5.74, 6) is -0.219. The van der Waals surface area contributed by atoms with Crippen LogP contribution in [0.1, 0.15) is 30.6 Å². The van der Waals surface area contributed by atoms with E-state index in [0.717, 1.165) is 23.4 Å². The summed E-state index contributed by atoms with van der Waals surface area (Å²) in [5.41, 5.74) is 2.68. The van der Waals surface area contributed by atoms with Gasteiger partial charge in [-0.3, -0.25) is 0 Å². The SMILES string of the molecule is CCC(Nc1ccc(Cl)nc1C)c1cccc(F)c1. The highest BCUT2D eigenvalue weighted by Gasteiger charge is 2.11. The summed E-state index contributed by atoms with van der Waals surface area (Å²) < 4.78 is 13.3. The lowest BCUT2D eigenvalue weighted by Crippen LogP contribution is -2.11. The number of nitrogens with zero attached hydrogens (tertiary/aromatic N) is 1. The van der Waals surface area contributed by atoms with Crippen LogP contribution in [0, 0.1) is 12.7 Å². The standard InChI is InChI=1S/C15H16ClFN2/c1-3-13(11-5-4-6-12(17)9-11)19-14-7-8-15(16)18-10(14)2/h4-9,13,19H,3H2,1-2H3. The van der Waals surface area contributed by atoms with Crippen LogP contribution in [0.15, 0.2) is 36.4 Å². The van der Waals surface area contributed by atoms with E-state index in [1.54, 1.807) is 18.2 Å². The summed E-state index contributed by atoms with van der Waals surface area (Å²) in [6.07, 6.45) is 0.853. The molecule has 100 valence electrons. The van der Waals surface area contributed by atoms with Crippen LogP contribution in [0.5, 0.6) is 0 Å². The quantitative estimate of drug-likeness (QED) is 0.817. The molecule has 0 aliphatic rings. The maximum Gasteiger partial charge on any atom is 0.129 e. The number of pyridine rings is 1. The molecule has 2 aromatic rings. The molecule has 0 aliphatic carbocycles. The molecule has 1 atom stereocenters. The number of aryl methyl sites for hydroxylation is 1. The Labute approximate surface area is 117 Å². The van der Waals surface area contributed by atoms with Crippen LogP contribution in [0.25, 0.3) is 0 Å². The number of hydrogen-bond acceptors (Lipinski definition) is 2. The molecule has 0 saturated heterocycles. The number of anilines is 1. The molecule has 0 aliphatic heterocycles. The number of benzene rings is 1. The fourth-order valence-electron chi connectivity index (χ4n) is 2.02. The lowest BCUT2D eigenvalue weighted by molar-refractivity contribution is 0.620. The van der Waals surface area contributed by atoms with Crippen LogP contribution < -0.4 is 5.32 Å².